The number of aromatic nitrogens is 1. The summed E-state index contributed by atoms with van der Waals surface area (Å²) in [5.74, 6) is -0.185. The first kappa shape index (κ1) is 14.4. The van der Waals surface area contributed by atoms with Crippen molar-refractivity contribution in [3.05, 3.63) is 41.5 Å². The molecule has 1 aromatic carbocycles. The van der Waals surface area contributed by atoms with Gasteiger partial charge in [-0.2, -0.15) is 0 Å². The maximum Gasteiger partial charge on any atom is 0.123 e. The summed E-state index contributed by atoms with van der Waals surface area (Å²) in [6, 6.07) is 6.98. The SMILES string of the molecule is CCc1cc2cc(F)ccc2c(CCN2CCOCC2)n1. The average molecular weight is 288 g/mol. The molecule has 0 saturated carbocycles. The van der Waals surface area contributed by atoms with Crippen molar-refractivity contribution in [3.8, 4) is 0 Å². The van der Waals surface area contributed by atoms with Gasteiger partial charge in [0.15, 0.2) is 0 Å². The normalized spacial score (nSPS) is 16.5. The van der Waals surface area contributed by atoms with Crippen LogP contribution in [-0.4, -0.2) is 42.7 Å². The predicted molar refractivity (Wildman–Crippen MR) is 82.0 cm³/mol. The average Bonchev–Trinajstić information content (AvgIpc) is 2.52. The zero-order valence-corrected chi connectivity index (χ0v) is 12.4. The van der Waals surface area contributed by atoms with E-state index in [1.165, 1.54) is 6.07 Å². The molecule has 0 N–H and O–H groups in total. The van der Waals surface area contributed by atoms with Crippen LogP contribution in [-0.2, 0) is 17.6 Å². The first-order chi connectivity index (χ1) is 10.3. The number of rotatable bonds is 4. The summed E-state index contributed by atoms with van der Waals surface area (Å²) >= 11 is 0. The first-order valence-electron chi connectivity index (χ1n) is 7.64. The zero-order chi connectivity index (χ0) is 14.7. The largest absolute Gasteiger partial charge is 0.379 e. The maximum atomic E-state index is 13.4. The Morgan fingerprint density at radius 2 is 2.05 bits per heavy atom. The van der Waals surface area contributed by atoms with Gasteiger partial charge in [0.25, 0.3) is 0 Å². The molecular formula is C17H21FN2O. The van der Waals surface area contributed by atoms with Gasteiger partial charge >= 0.3 is 0 Å². The molecule has 0 atom stereocenters. The van der Waals surface area contributed by atoms with Gasteiger partial charge in [0.05, 0.1) is 13.2 Å². The summed E-state index contributed by atoms with van der Waals surface area (Å²) in [7, 11) is 0. The minimum absolute atomic E-state index is 0.185. The molecule has 112 valence electrons. The van der Waals surface area contributed by atoms with Crippen molar-refractivity contribution in [2.45, 2.75) is 19.8 Å². The van der Waals surface area contributed by atoms with Crippen molar-refractivity contribution in [1.82, 2.24) is 9.88 Å². The second kappa shape index (κ2) is 6.50. The molecule has 0 spiro atoms. The Morgan fingerprint density at radius 3 is 2.81 bits per heavy atom. The van der Waals surface area contributed by atoms with Crippen LogP contribution in [0.2, 0.25) is 0 Å². The van der Waals surface area contributed by atoms with E-state index in [2.05, 4.69) is 11.8 Å². The first-order valence-corrected chi connectivity index (χ1v) is 7.64. The Hall–Kier alpha value is -1.52. The van der Waals surface area contributed by atoms with Crippen LogP contribution in [0.5, 0.6) is 0 Å². The molecule has 0 aliphatic carbocycles. The molecule has 0 radical (unpaired) electrons. The minimum Gasteiger partial charge on any atom is -0.379 e. The number of ether oxygens (including phenoxy) is 1. The number of morpholine rings is 1. The van der Waals surface area contributed by atoms with Crippen molar-refractivity contribution < 1.29 is 9.13 Å². The van der Waals surface area contributed by atoms with Gasteiger partial charge in [-0.25, -0.2) is 4.39 Å². The smallest absolute Gasteiger partial charge is 0.123 e. The highest BCUT2D eigenvalue weighted by atomic mass is 19.1. The fourth-order valence-electron chi connectivity index (χ4n) is 2.82. The standard InChI is InChI=1S/C17H21FN2O/c1-2-15-12-13-11-14(18)3-4-16(13)17(19-15)5-6-20-7-9-21-10-8-20/h3-4,11-12H,2,5-10H2,1H3. The monoisotopic (exact) mass is 288 g/mol. The molecular weight excluding hydrogens is 267 g/mol. The van der Waals surface area contributed by atoms with Crippen LogP contribution in [0.4, 0.5) is 4.39 Å². The Morgan fingerprint density at radius 1 is 1.24 bits per heavy atom. The molecule has 4 heteroatoms. The van der Waals surface area contributed by atoms with E-state index in [0.29, 0.717) is 0 Å². The van der Waals surface area contributed by atoms with Crippen LogP contribution < -0.4 is 0 Å². The molecule has 1 aliphatic rings. The number of fused-ring (bicyclic) bond motifs is 1. The third kappa shape index (κ3) is 3.39. The van der Waals surface area contributed by atoms with Crippen LogP contribution in [0.15, 0.2) is 24.3 Å². The van der Waals surface area contributed by atoms with Crippen molar-refractivity contribution >= 4 is 10.8 Å². The highest BCUT2D eigenvalue weighted by Crippen LogP contribution is 2.21. The van der Waals surface area contributed by atoms with Gasteiger partial charge < -0.3 is 4.74 Å². The number of nitrogens with zero attached hydrogens (tertiary/aromatic N) is 2. The molecule has 2 aromatic rings. The number of pyridine rings is 1. The Labute approximate surface area is 124 Å². The topological polar surface area (TPSA) is 25.4 Å². The summed E-state index contributed by atoms with van der Waals surface area (Å²) in [6.07, 6.45) is 1.77. The van der Waals surface area contributed by atoms with Gasteiger partial charge in [0, 0.05) is 42.8 Å². The lowest BCUT2D eigenvalue weighted by molar-refractivity contribution is 0.0384. The zero-order valence-electron chi connectivity index (χ0n) is 12.4. The Kier molecular flexibility index (Phi) is 4.46. The van der Waals surface area contributed by atoms with Gasteiger partial charge in [0.2, 0.25) is 0 Å². The molecule has 2 heterocycles. The van der Waals surface area contributed by atoms with Crippen LogP contribution in [0.1, 0.15) is 18.3 Å². The van der Waals surface area contributed by atoms with Crippen LogP contribution in [0.25, 0.3) is 10.8 Å². The van der Waals surface area contributed by atoms with Crippen molar-refractivity contribution in [2.75, 3.05) is 32.8 Å². The van der Waals surface area contributed by atoms with E-state index in [1.54, 1.807) is 6.07 Å². The van der Waals surface area contributed by atoms with Gasteiger partial charge in [-0.1, -0.05) is 6.92 Å². The minimum atomic E-state index is -0.185. The lowest BCUT2D eigenvalue weighted by atomic mass is 10.1. The summed E-state index contributed by atoms with van der Waals surface area (Å²) in [5, 5.41) is 2.03. The molecule has 1 aromatic heterocycles. The quantitative estimate of drug-likeness (QED) is 0.865. The molecule has 0 unspecified atom stereocenters. The second-order valence-corrected chi connectivity index (χ2v) is 5.48. The maximum absolute atomic E-state index is 13.4. The molecule has 1 fully saturated rings. The Balaban J connectivity index is 1.85. The molecule has 3 nitrogen and oxygen atoms in total. The number of aryl methyl sites for hydroxylation is 1. The van der Waals surface area contributed by atoms with Crippen LogP contribution >= 0.6 is 0 Å². The number of benzene rings is 1. The molecule has 1 aliphatic heterocycles. The number of halogens is 1. The lowest BCUT2D eigenvalue weighted by Gasteiger charge is -2.26. The summed E-state index contributed by atoms with van der Waals surface area (Å²) in [6.45, 7) is 6.66. The molecule has 1 saturated heterocycles. The molecule has 0 amide bonds. The van der Waals surface area contributed by atoms with E-state index < -0.39 is 0 Å². The van der Waals surface area contributed by atoms with E-state index in [-0.39, 0.29) is 5.82 Å². The number of hydrogen-bond acceptors (Lipinski definition) is 3. The number of hydrogen-bond donors (Lipinski definition) is 0. The van der Waals surface area contributed by atoms with E-state index in [1.807, 2.05) is 12.1 Å². The summed E-state index contributed by atoms with van der Waals surface area (Å²) in [4.78, 5) is 7.16. The highest BCUT2D eigenvalue weighted by molar-refractivity contribution is 5.85. The molecule has 0 bridgehead atoms. The molecule has 3 rings (SSSR count). The van der Waals surface area contributed by atoms with Crippen molar-refractivity contribution in [3.63, 3.8) is 0 Å². The van der Waals surface area contributed by atoms with E-state index in [9.17, 15) is 4.39 Å². The van der Waals surface area contributed by atoms with E-state index in [4.69, 9.17) is 9.72 Å². The van der Waals surface area contributed by atoms with Gasteiger partial charge in [-0.3, -0.25) is 9.88 Å². The predicted octanol–water partition coefficient (Wildman–Crippen LogP) is 2.81. The van der Waals surface area contributed by atoms with Gasteiger partial charge in [-0.05, 0) is 36.1 Å². The fourth-order valence-corrected chi connectivity index (χ4v) is 2.82. The van der Waals surface area contributed by atoms with E-state index in [0.717, 1.165) is 67.8 Å². The third-order valence-corrected chi connectivity index (χ3v) is 4.06. The van der Waals surface area contributed by atoms with Crippen LogP contribution in [0, 0.1) is 5.82 Å². The summed E-state index contributed by atoms with van der Waals surface area (Å²) < 4.78 is 18.8. The van der Waals surface area contributed by atoms with Crippen molar-refractivity contribution in [2.24, 2.45) is 0 Å². The third-order valence-electron chi connectivity index (χ3n) is 4.06. The van der Waals surface area contributed by atoms with E-state index >= 15 is 0 Å². The van der Waals surface area contributed by atoms with Crippen molar-refractivity contribution in [1.29, 1.82) is 0 Å². The highest BCUT2D eigenvalue weighted by Gasteiger charge is 2.12. The fraction of sp³-hybridized carbons (Fsp3) is 0.471. The van der Waals surface area contributed by atoms with Gasteiger partial charge in [-0.15, -0.1) is 0 Å². The second-order valence-electron chi connectivity index (χ2n) is 5.48. The summed E-state index contributed by atoms with van der Waals surface area (Å²) in [5.41, 5.74) is 2.11. The van der Waals surface area contributed by atoms with Gasteiger partial charge in [0.1, 0.15) is 5.82 Å². The Bertz CT molecular complexity index is 623. The van der Waals surface area contributed by atoms with Crippen LogP contribution in [0.3, 0.4) is 0 Å². The lowest BCUT2D eigenvalue weighted by Crippen LogP contribution is -2.37. The molecule has 21 heavy (non-hydrogen) atoms.